The number of rotatable bonds is 0. The highest BCUT2D eigenvalue weighted by molar-refractivity contribution is 5.78. The first kappa shape index (κ1) is 17.7. The normalized spacial score (nSPS) is 33.0. The predicted molar refractivity (Wildman–Crippen MR) is 84.7 cm³/mol. The fourth-order valence-electron chi connectivity index (χ4n) is 3.20. The van der Waals surface area contributed by atoms with E-state index in [1.807, 2.05) is 0 Å². The third-order valence-corrected chi connectivity index (χ3v) is 4.91. The zero-order valence-electron chi connectivity index (χ0n) is 13.6. The highest BCUT2D eigenvalue weighted by Gasteiger charge is 2.19. The highest BCUT2D eigenvalue weighted by atomic mass is 16.3. The number of aliphatic hydroxyl groups is 1. The fraction of sp³-hybridized carbons (Fsp3) is 0.944. The lowest BCUT2D eigenvalue weighted by Crippen LogP contribution is -2.19. The Hall–Kier alpha value is -0.370. The van der Waals surface area contributed by atoms with Crippen molar-refractivity contribution in [2.24, 2.45) is 11.8 Å². The molecule has 0 amide bonds. The Morgan fingerprint density at radius 1 is 0.850 bits per heavy atom. The largest absolute Gasteiger partial charge is 0.393 e. The lowest BCUT2D eigenvalue weighted by atomic mass is 9.85. The summed E-state index contributed by atoms with van der Waals surface area (Å²) in [4.78, 5) is 12.0. The van der Waals surface area contributed by atoms with Gasteiger partial charge in [0.1, 0.15) is 5.78 Å². The van der Waals surface area contributed by atoms with Crippen LogP contribution in [0.5, 0.6) is 0 Å². The van der Waals surface area contributed by atoms with Gasteiger partial charge in [0.15, 0.2) is 0 Å². The Bertz CT molecular complexity index is 262. The number of ketones is 1. The molecule has 0 aromatic carbocycles. The van der Waals surface area contributed by atoms with Crippen LogP contribution in [-0.4, -0.2) is 17.0 Å². The molecule has 2 heteroatoms. The molecule has 1 rings (SSSR count). The van der Waals surface area contributed by atoms with Crippen LogP contribution in [0.3, 0.4) is 0 Å². The first-order valence-electron chi connectivity index (χ1n) is 8.79. The molecule has 0 heterocycles. The molecule has 0 aromatic rings. The number of Topliss-reactive ketones (excluding diaryl/α,β-unsaturated/α-hetero) is 1. The SMILES string of the molecule is CC1CC(=O)CCCCCCCCCCC(O)CC1C. The number of hydrogen-bond acceptors (Lipinski definition) is 2. The summed E-state index contributed by atoms with van der Waals surface area (Å²) in [5.74, 6) is 1.28. The maximum Gasteiger partial charge on any atom is 0.133 e. The smallest absolute Gasteiger partial charge is 0.133 e. The summed E-state index contributed by atoms with van der Waals surface area (Å²) < 4.78 is 0. The van der Waals surface area contributed by atoms with Crippen LogP contribution < -0.4 is 0 Å². The summed E-state index contributed by atoms with van der Waals surface area (Å²) in [5, 5.41) is 10.1. The van der Waals surface area contributed by atoms with Gasteiger partial charge in [0, 0.05) is 12.8 Å². The molecule has 20 heavy (non-hydrogen) atoms. The fourth-order valence-corrected chi connectivity index (χ4v) is 3.20. The number of carbonyl (C=O) groups is 1. The maximum atomic E-state index is 12.0. The van der Waals surface area contributed by atoms with E-state index >= 15 is 0 Å². The zero-order valence-corrected chi connectivity index (χ0v) is 13.6. The van der Waals surface area contributed by atoms with Gasteiger partial charge in [-0.25, -0.2) is 0 Å². The summed E-state index contributed by atoms with van der Waals surface area (Å²) in [6.45, 7) is 4.35. The molecular formula is C18H34O2. The quantitative estimate of drug-likeness (QED) is 0.687. The van der Waals surface area contributed by atoms with Crippen molar-refractivity contribution in [1.29, 1.82) is 0 Å². The standard InChI is InChI=1S/C18H34O2/c1-15-13-17(19)11-9-7-5-3-4-6-8-10-12-18(20)14-16(15)2/h15-17,19H,3-14H2,1-2H3. The molecule has 1 saturated carbocycles. The Kier molecular flexibility index (Phi) is 9.17. The molecule has 2 nitrogen and oxygen atoms in total. The molecule has 1 fully saturated rings. The number of aliphatic hydroxyl groups excluding tert-OH is 1. The second-order valence-electron chi connectivity index (χ2n) is 6.95. The van der Waals surface area contributed by atoms with Gasteiger partial charge in [0.05, 0.1) is 6.10 Å². The second-order valence-corrected chi connectivity index (χ2v) is 6.95. The van der Waals surface area contributed by atoms with Crippen molar-refractivity contribution in [3.63, 3.8) is 0 Å². The van der Waals surface area contributed by atoms with Crippen LogP contribution in [0.4, 0.5) is 0 Å². The topological polar surface area (TPSA) is 37.3 Å². The van der Waals surface area contributed by atoms with Crippen LogP contribution >= 0.6 is 0 Å². The van der Waals surface area contributed by atoms with E-state index < -0.39 is 0 Å². The molecule has 1 aliphatic carbocycles. The van der Waals surface area contributed by atoms with Gasteiger partial charge >= 0.3 is 0 Å². The maximum absolute atomic E-state index is 12.0. The molecule has 0 aliphatic heterocycles. The van der Waals surface area contributed by atoms with E-state index in [4.69, 9.17) is 0 Å². The van der Waals surface area contributed by atoms with Crippen LogP contribution in [0.15, 0.2) is 0 Å². The van der Waals surface area contributed by atoms with E-state index in [0.29, 0.717) is 24.0 Å². The van der Waals surface area contributed by atoms with E-state index in [1.54, 1.807) is 0 Å². The average Bonchev–Trinajstić information content (AvgIpc) is 2.39. The van der Waals surface area contributed by atoms with Gasteiger partial charge in [-0.1, -0.05) is 58.8 Å². The van der Waals surface area contributed by atoms with Gasteiger partial charge in [-0.05, 0) is 31.1 Å². The van der Waals surface area contributed by atoms with Gasteiger partial charge < -0.3 is 5.11 Å². The Balaban J connectivity index is 2.41. The third kappa shape index (κ3) is 8.04. The number of carbonyl (C=O) groups excluding carboxylic acids is 1. The molecular weight excluding hydrogens is 248 g/mol. The average molecular weight is 282 g/mol. The lowest BCUT2D eigenvalue weighted by molar-refractivity contribution is -0.120. The molecule has 1 aliphatic rings. The Morgan fingerprint density at radius 2 is 1.40 bits per heavy atom. The Labute approximate surface area is 125 Å². The van der Waals surface area contributed by atoms with E-state index in [0.717, 1.165) is 32.1 Å². The highest BCUT2D eigenvalue weighted by Crippen LogP contribution is 2.24. The summed E-state index contributed by atoms with van der Waals surface area (Å²) in [7, 11) is 0. The minimum Gasteiger partial charge on any atom is -0.393 e. The van der Waals surface area contributed by atoms with Crippen molar-refractivity contribution in [3.05, 3.63) is 0 Å². The van der Waals surface area contributed by atoms with Crippen molar-refractivity contribution < 1.29 is 9.90 Å². The molecule has 1 N–H and O–H groups in total. The van der Waals surface area contributed by atoms with Crippen LogP contribution in [0, 0.1) is 11.8 Å². The summed E-state index contributed by atoms with van der Waals surface area (Å²) >= 11 is 0. The molecule has 118 valence electrons. The molecule has 0 saturated heterocycles. The van der Waals surface area contributed by atoms with E-state index in [-0.39, 0.29) is 6.10 Å². The van der Waals surface area contributed by atoms with Crippen molar-refractivity contribution in [3.8, 4) is 0 Å². The van der Waals surface area contributed by atoms with E-state index in [9.17, 15) is 9.90 Å². The second kappa shape index (κ2) is 10.4. The first-order chi connectivity index (χ1) is 9.59. The lowest BCUT2D eigenvalue weighted by Gasteiger charge is -2.22. The summed E-state index contributed by atoms with van der Waals surface area (Å²) in [6, 6.07) is 0. The summed E-state index contributed by atoms with van der Waals surface area (Å²) in [5.41, 5.74) is 0. The van der Waals surface area contributed by atoms with Gasteiger partial charge in [0.2, 0.25) is 0 Å². The van der Waals surface area contributed by atoms with Crippen molar-refractivity contribution in [2.45, 2.75) is 97.0 Å². The molecule has 3 unspecified atom stereocenters. The van der Waals surface area contributed by atoms with E-state index in [1.165, 1.54) is 38.5 Å². The van der Waals surface area contributed by atoms with Crippen LogP contribution in [0.2, 0.25) is 0 Å². The van der Waals surface area contributed by atoms with Gasteiger partial charge in [-0.15, -0.1) is 0 Å². The van der Waals surface area contributed by atoms with Gasteiger partial charge in [0.25, 0.3) is 0 Å². The minimum absolute atomic E-state index is 0.171. The van der Waals surface area contributed by atoms with E-state index in [2.05, 4.69) is 13.8 Å². The molecule has 0 aromatic heterocycles. The zero-order chi connectivity index (χ0) is 14.8. The third-order valence-electron chi connectivity index (χ3n) is 4.91. The minimum atomic E-state index is -0.171. The summed E-state index contributed by atoms with van der Waals surface area (Å²) in [6.07, 6.45) is 13.0. The monoisotopic (exact) mass is 282 g/mol. The van der Waals surface area contributed by atoms with Crippen LogP contribution in [-0.2, 0) is 4.79 Å². The first-order valence-corrected chi connectivity index (χ1v) is 8.79. The Morgan fingerprint density at radius 3 is 2.05 bits per heavy atom. The molecule has 0 radical (unpaired) electrons. The van der Waals surface area contributed by atoms with Crippen molar-refractivity contribution in [1.82, 2.24) is 0 Å². The molecule has 3 atom stereocenters. The van der Waals surface area contributed by atoms with Crippen molar-refractivity contribution >= 4 is 5.78 Å². The van der Waals surface area contributed by atoms with Gasteiger partial charge in [-0.2, -0.15) is 0 Å². The molecule has 0 bridgehead atoms. The predicted octanol–water partition coefficient (Wildman–Crippen LogP) is 4.88. The van der Waals surface area contributed by atoms with Crippen LogP contribution in [0.1, 0.15) is 90.9 Å². The van der Waals surface area contributed by atoms with Crippen LogP contribution in [0.25, 0.3) is 0 Å². The molecule has 0 spiro atoms. The van der Waals surface area contributed by atoms with Gasteiger partial charge in [-0.3, -0.25) is 4.79 Å². The van der Waals surface area contributed by atoms with Crippen molar-refractivity contribution in [2.75, 3.05) is 0 Å². The number of hydrogen-bond donors (Lipinski definition) is 1.